The number of hydrogen-bond donors (Lipinski definition) is 1. The van der Waals surface area contributed by atoms with Gasteiger partial charge < -0.3 is 14.7 Å². The second-order valence-electron chi connectivity index (χ2n) is 7.30. The summed E-state index contributed by atoms with van der Waals surface area (Å²) >= 11 is 3.63. The van der Waals surface area contributed by atoms with Crippen LogP contribution in [-0.4, -0.2) is 23.0 Å². The lowest BCUT2D eigenvalue weighted by Crippen LogP contribution is -2.30. The van der Waals surface area contributed by atoms with Gasteiger partial charge >= 0.3 is 0 Å². The summed E-state index contributed by atoms with van der Waals surface area (Å²) in [6, 6.07) is 22.9. The van der Waals surface area contributed by atoms with Crippen molar-refractivity contribution in [3.05, 3.63) is 105 Å². The normalized spacial score (nSPS) is 16.3. The van der Waals surface area contributed by atoms with E-state index in [0.29, 0.717) is 17.9 Å². The topological polar surface area (TPSA) is 49.8 Å². The largest absolute Gasteiger partial charge is 0.503 e. The summed E-state index contributed by atoms with van der Waals surface area (Å²) in [7, 11) is 1.61. The summed E-state index contributed by atoms with van der Waals surface area (Å²) in [5.74, 6) is 0.103. The molecule has 3 aromatic carbocycles. The zero-order valence-corrected chi connectivity index (χ0v) is 18.4. The molecule has 1 aliphatic rings. The molecule has 0 fully saturated rings. The number of halogens is 1. The van der Waals surface area contributed by atoms with E-state index >= 15 is 0 Å². The van der Waals surface area contributed by atoms with Crippen molar-refractivity contribution in [1.29, 1.82) is 0 Å². The molecule has 3 aromatic rings. The van der Waals surface area contributed by atoms with Crippen LogP contribution >= 0.6 is 15.9 Å². The molecular weight excluding hydrogens is 442 g/mol. The maximum atomic E-state index is 13.2. The third-order valence-corrected chi connectivity index (χ3v) is 6.12. The fourth-order valence-corrected chi connectivity index (χ4v) is 4.38. The van der Waals surface area contributed by atoms with Gasteiger partial charge in [0.05, 0.1) is 19.7 Å². The highest BCUT2D eigenvalue weighted by Crippen LogP contribution is 2.46. The maximum Gasteiger partial charge on any atom is 0.290 e. The van der Waals surface area contributed by atoms with Crippen LogP contribution in [0.25, 0.3) is 5.57 Å². The predicted molar refractivity (Wildman–Crippen MR) is 121 cm³/mol. The molecule has 0 bridgehead atoms. The number of aryl methyl sites for hydroxylation is 1. The van der Waals surface area contributed by atoms with Gasteiger partial charge in [-0.15, -0.1) is 0 Å². The molecule has 4 rings (SSSR count). The van der Waals surface area contributed by atoms with E-state index in [1.54, 1.807) is 12.0 Å². The Morgan fingerprint density at radius 1 is 1.00 bits per heavy atom. The lowest BCUT2D eigenvalue weighted by atomic mass is 9.93. The van der Waals surface area contributed by atoms with Gasteiger partial charge in [-0.3, -0.25) is 4.79 Å². The number of benzene rings is 3. The van der Waals surface area contributed by atoms with Crippen molar-refractivity contribution in [1.82, 2.24) is 4.90 Å². The number of carbonyl (C=O) groups excluding carboxylic acids is 1. The molecule has 1 heterocycles. The molecule has 1 unspecified atom stereocenters. The van der Waals surface area contributed by atoms with E-state index in [0.717, 1.165) is 26.7 Å². The first-order valence-corrected chi connectivity index (χ1v) is 10.5. The Labute approximate surface area is 184 Å². The van der Waals surface area contributed by atoms with Crippen LogP contribution in [0.1, 0.15) is 28.3 Å². The van der Waals surface area contributed by atoms with Crippen LogP contribution in [0.5, 0.6) is 5.75 Å². The fourth-order valence-electron chi connectivity index (χ4n) is 3.88. The first-order valence-electron chi connectivity index (χ1n) is 9.68. The molecule has 0 aromatic heterocycles. The van der Waals surface area contributed by atoms with Gasteiger partial charge in [0.15, 0.2) is 5.76 Å². The van der Waals surface area contributed by atoms with E-state index in [1.165, 1.54) is 0 Å². The average Bonchev–Trinajstić information content (AvgIpc) is 3.00. The number of nitrogens with zero attached hydrogens (tertiary/aromatic N) is 1. The molecule has 1 amide bonds. The van der Waals surface area contributed by atoms with Crippen LogP contribution in [0.4, 0.5) is 0 Å². The zero-order chi connectivity index (χ0) is 21.3. The number of aliphatic hydroxyl groups excluding tert-OH is 1. The molecule has 4 nitrogen and oxygen atoms in total. The number of amides is 1. The maximum absolute atomic E-state index is 13.2. The van der Waals surface area contributed by atoms with Gasteiger partial charge in [-0.2, -0.15) is 0 Å². The summed E-state index contributed by atoms with van der Waals surface area (Å²) in [6.45, 7) is 2.32. The zero-order valence-electron chi connectivity index (χ0n) is 16.8. The Kier molecular flexibility index (Phi) is 5.64. The van der Waals surface area contributed by atoms with E-state index in [-0.39, 0.29) is 5.76 Å². The van der Waals surface area contributed by atoms with Crippen LogP contribution in [0.2, 0.25) is 0 Å². The first kappa shape index (κ1) is 20.2. The number of methoxy groups -OCH3 is 1. The highest BCUT2D eigenvalue weighted by molar-refractivity contribution is 9.10. The van der Waals surface area contributed by atoms with E-state index in [1.807, 2.05) is 79.7 Å². The predicted octanol–water partition coefficient (Wildman–Crippen LogP) is 5.82. The van der Waals surface area contributed by atoms with Gasteiger partial charge in [-0.1, -0.05) is 82.2 Å². The number of carbonyl (C=O) groups is 1. The van der Waals surface area contributed by atoms with Gasteiger partial charge in [0, 0.05) is 15.6 Å². The molecule has 5 heteroatoms. The average molecular weight is 464 g/mol. The quantitative estimate of drug-likeness (QED) is 0.518. The lowest BCUT2D eigenvalue weighted by molar-refractivity contribution is -0.130. The van der Waals surface area contributed by atoms with E-state index in [2.05, 4.69) is 15.9 Å². The van der Waals surface area contributed by atoms with Crippen LogP contribution in [0.15, 0.2) is 83.0 Å². The van der Waals surface area contributed by atoms with Crippen LogP contribution in [0.3, 0.4) is 0 Å². The number of aliphatic hydroxyl groups is 1. The molecule has 1 N–H and O–H groups in total. The Morgan fingerprint density at radius 3 is 2.37 bits per heavy atom. The summed E-state index contributed by atoms with van der Waals surface area (Å²) < 4.78 is 6.37. The summed E-state index contributed by atoms with van der Waals surface area (Å²) in [4.78, 5) is 14.9. The van der Waals surface area contributed by atoms with Crippen molar-refractivity contribution in [3.63, 3.8) is 0 Å². The number of rotatable bonds is 5. The van der Waals surface area contributed by atoms with Crippen molar-refractivity contribution in [3.8, 4) is 5.75 Å². The standard InChI is InChI=1S/C25H22BrNO3/c1-16-11-13-17(14-12-16)22-23(19-8-4-5-9-20(19)26)27(25(29)24(22)28)15-18-7-3-6-10-21(18)30-2/h3-14,23,28H,15H2,1-2H3. The molecule has 0 aliphatic carbocycles. The minimum absolute atomic E-state index is 0.213. The summed E-state index contributed by atoms with van der Waals surface area (Å²) in [6.07, 6.45) is 0. The molecular formula is C25H22BrNO3. The van der Waals surface area contributed by atoms with Crippen molar-refractivity contribution in [2.75, 3.05) is 7.11 Å². The molecule has 0 spiro atoms. The molecule has 30 heavy (non-hydrogen) atoms. The number of hydrogen-bond acceptors (Lipinski definition) is 3. The Hall–Kier alpha value is -3.05. The SMILES string of the molecule is COc1ccccc1CN1C(=O)C(O)=C(c2ccc(C)cc2)C1c1ccccc1Br. The van der Waals surface area contributed by atoms with Gasteiger partial charge in [0.2, 0.25) is 0 Å². The number of para-hydroxylation sites is 1. The lowest BCUT2D eigenvalue weighted by Gasteiger charge is -2.28. The monoisotopic (exact) mass is 463 g/mol. The van der Waals surface area contributed by atoms with E-state index in [9.17, 15) is 9.90 Å². The van der Waals surface area contributed by atoms with E-state index in [4.69, 9.17) is 4.74 Å². The van der Waals surface area contributed by atoms with Crippen molar-refractivity contribution >= 4 is 27.4 Å². The molecule has 1 atom stereocenters. The minimum Gasteiger partial charge on any atom is -0.503 e. The Morgan fingerprint density at radius 2 is 1.67 bits per heavy atom. The van der Waals surface area contributed by atoms with Gasteiger partial charge in [0.1, 0.15) is 5.75 Å². The minimum atomic E-state index is -0.430. The molecule has 152 valence electrons. The van der Waals surface area contributed by atoms with Crippen molar-refractivity contribution < 1.29 is 14.6 Å². The number of ether oxygens (including phenoxy) is 1. The molecule has 0 saturated carbocycles. The summed E-state index contributed by atoms with van der Waals surface area (Å²) in [5, 5.41) is 10.9. The van der Waals surface area contributed by atoms with Crippen LogP contribution < -0.4 is 4.74 Å². The highest BCUT2D eigenvalue weighted by atomic mass is 79.9. The Balaban J connectivity index is 1.85. The summed E-state index contributed by atoms with van der Waals surface area (Å²) in [5.41, 5.74) is 4.35. The first-order chi connectivity index (χ1) is 14.5. The van der Waals surface area contributed by atoms with Crippen LogP contribution in [0, 0.1) is 6.92 Å². The Bertz CT molecular complexity index is 1120. The fraction of sp³-hybridized carbons (Fsp3) is 0.160. The second-order valence-corrected chi connectivity index (χ2v) is 8.15. The van der Waals surface area contributed by atoms with Gasteiger partial charge in [-0.05, 0) is 30.2 Å². The molecule has 1 aliphatic heterocycles. The van der Waals surface area contributed by atoms with E-state index < -0.39 is 11.9 Å². The second kappa shape index (κ2) is 8.36. The van der Waals surface area contributed by atoms with Crippen molar-refractivity contribution in [2.45, 2.75) is 19.5 Å². The molecule has 0 saturated heterocycles. The molecule has 0 radical (unpaired) electrons. The van der Waals surface area contributed by atoms with Crippen LogP contribution in [-0.2, 0) is 11.3 Å². The van der Waals surface area contributed by atoms with Crippen molar-refractivity contribution in [2.24, 2.45) is 0 Å². The smallest absolute Gasteiger partial charge is 0.290 e. The third-order valence-electron chi connectivity index (χ3n) is 5.40. The van der Waals surface area contributed by atoms with Gasteiger partial charge in [0.25, 0.3) is 5.91 Å². The third kappa shape index (κ3) is 3.61. The highest BCUT2D eigenvalue weighted by Gasteiger charge is 2.41. The van der Waals surface area contributed by atoms with Gasteiger partial charge in [-0.25, -0.2) is 0 Å².